The van der Waals surface area contributed by atoms with E-state index in [9.17, 15) is 19.5 Å². The fourth-order valence-electron chi connectivity index (χ4n) is 6.05. The van der Waals surface area contributed by atoms with Crippen LogP contribution in [0.15, 0.2) is 48.5 Å². The number of hydrogen-bond donors (Lipinski definition) is 2. The van der Waals surface area contributed by atoms with Crippen LogP contribution in [-0.2, 0) is 14.3 Å². The molecule has 2 amide bonds. The quantitative estimate of drug-likeness (QED) is 0.649. The van der Waals surface area contributed by atoms with Gasteiger partial charge < -0.3 is 20.1 Å². The van der Waals surface area contributed by atoms with Crippen LogP contribution in [0.25, 0.3) is 11.1 Å². The van der Waals surface area contributed by atoms with E-state index in [0.29, 0.717) is 32.5 Å². The van der Waals surface area contributed by atoms with Crippen LogP contribution in [0.5, 0.6) is 0 Å². The topological polar surface area (TPSA) is 95.9 Å². The van der Waals surface area contributed by atoms with E-state index in [4.69, 9.17) is 4.74 Å². The molecule has 0 spiro atoms. The molecule has 2 N–H and O–H groups in total. The van der Waals surface area contributed by atoms with Gasteiger partial charge in [0.25, 0.3) is 0 Å². The van der Waals surface area contributed by atoms with Gasteiger partial charge in [0.2, 0.25) is 5.91 Å². The van der Waals surface area contributed by atoms with E-state index >= 15 is 0 Å². The number of ether oxygens (including phenoxy) is 1. The average Bonchev–Trinajstić information content (AvgIpc) is 3.48. The summed E-state index contributed by atoms with van der Waals surface area (Å²) in [7, 11) is 0. The predicted octanol–water partition coefficient (Wildman–Crippen LogP) is 4.26. The molecule has 0 radical (unpaired) electrons. The maximum atomic E-state index is 13.1. The zero-order chi connectivity index (χ0) is 24.4. The van der Waals surface area contributed by atoms with Gasteiger partial charge >= 0.3 is 12.1 Å². The van der Waals surface area contributed by atoms with Gasteiger partial charge in [0.15, 0.2) is 0 Å². The van der Waals surface area contributed by atoms with E-state index in [1.165, 1.54) is 22.3 Å². The minimum Gasteiger partial charge on any atom is -0.481 e. The summed E-state index contributed by atoms with van der Waals surface area (Å²) < 4.78 is 5.64. The average molecular weight is 477 g/mol. The summed E-state index contributed by atoms with van der Waals surface area (Å²) in [6, 6.07) is 16.5. The standard InChI is InChI=1S/C28H32N2O5/c31-26(30-14-12-18(13-15-30)27(32)33)20-11-5-6-19(20)16-29-28(34)35-17-25-23-9-3-1-7-21(23)22-8-2-4-10-24(22)25/h1-4,7-10,18-20,25H,5-6,11-17H2,(H,29,34)(H,32,33)/t19-,20-/m1/s1. The van der Waals surface area contributed by atoms with Crippen molar-refractivity contribution in [3.63, 3.8) is 0 Å². The highest BCUT2D eigenvalue weighted by Crippen LogP contribution is 2.44. The molecule has 1 heterocycles. The molecule has 1 saturated heterocycles. The Labute approximate surface area is 205 Å². The lowest BCUT2D eigenvalue weighted by atomic mass is 9.91. The van der Waals surface area contributed by atoms with Crippen molar-refractivity contribution in [1.82, 2.24) is 10.2 Å². The molecular weight excluding hydrogens is 444 g/mol. The van der Waals surface area contributed by atoms with E-state index in [1.807, 2.05) is 29.2 Å². The summed E-state index contributed by atoms with van der Waals surface area (Å²) in [5, 5.41) is 12.1. The van der Waals surface area contributed by atoms with E-state index in [2.05, 4.69) is 29.6 Å². The number of aliphatic carboxylic acids is 1. The summed E-state index contributed by atoms with van der Waals surface area (Å²) >= 11 is 0. The number of rotatable bonds is 6. The predicted molar refractivity (Wildman–Crippen MR) is 131 cm³/mol. The Morgan fingerprint density at radius 3 is 2.17 bits per heavy atom. The van der Waals surface area contributed by atoms with Gasteiger partial charge in [-0.15, -0.1) is 0 Å². The van der Waals surface area contributed by atoms with Crippen molar-refractivity contribution >= 4 is 18.0 Å². The minimum atomic E-state index is -0.775. The van der Waals surface area contributed by atoms with E-state index in [-0.39, 0.29) is 36.2 Å². The lowest BCUT2D eigenvalue weighted by Gasteiger charge is -2.33. The van der Waals surface area contributed by atoms with Crippen molar-refractivity contribution in [2.45, 2.75) is 38.0 Å². The van der Waals surface area contributed by atoms with Crippen molar-refractivity contribution in [1.29, 1.82) is 0 Å². The van der Waals surface area contributed by atoms with Crippen molar-refractivity contribution in [2.75, 3.05) is 26.2 Å². The molecule has 2 aromatic rings. The number of benzene rings is 2. The third-order valence-corrected chi connectivity index (χ3v) is 7.98. The molecular formula is C28H32N2O5. The Kier molecular flexibility index (Phi) is 6.75. The van der Waals surface area contributed by atoms with Crippen LogP contribution in [0.2, 0.25) is 0 Å². The number of carboxylic acid groups (broad SMARTS) is 1. The third-order valence-electron chi connectivity index (χ3n) is 7.98. The molecule has 35 heavy (non-hydrogen) atoms. The van der Waals surface area contributed by atoms with Crippen LogP contribution >= 0.6 is 0 Å². The van der Waals surface area contributed by atoms with E-state index in [0.717, 1.165) is 19.3 Å². The first-order chi connectivity index (χ1) is 17.0. The Hall–Kier alpha value is -3.35. The smallest absolute Gasteiger partial charge is 0.407 e. The maximum Gasteiger partial charge on any atom is 0.407 e. The van der Waals surface area contributed by atoms with Gasteiger partial charge in [-0.25, -0.2) is 4.79 Å². The van der Waals surface area contributed by atoms with Gasteiger partial charge in [0.1, 0.15) is 6.61 Å². The fourth-order valence-corrected chi connectivity index (χ4v) is 6.05. The Bertz CT molecular complexity index is 1060. The molecule has 1 aliphatic heterocycles. The highest BCUT2D eigenvalue weighted by molar-refractivity contribution is 5.80. The first-order valence-corrected chi connectivity index (χ1v) is 12.6. The van der Waals surface area contributed by atoms with Gasteiger partial charge in [-0.3, -0.25) is 9.59 Å². The van der Waals surface area contributed by atoms with E-state index in [1.54, 1.807) is 0 Å². The molecule has 2 aliphatic carbocycles. The summed E-state index contributed by atoms with van der Waals surface area (Å²) in [5.74, 6) is -1.05. The highest BCUT2D eigenvalue weighted by atomic mass is 16.5. The lowest BCUT2D eigenvalue weighted by Crippen LogP contribution is -2.45. The minimum absolute atomic E-state index is 0.0164. The van der Waals surface area contributed by atoms with Crippen LogP contribution in [0.1, 0.15) is 49.1 Å². The Morgan fingerprint density at radius 2 is 1.54 bits per heavy atom. The second-order valence-electron chi connectivity index (χ2n) is 9.94. The molecule has 5 rings (SSSR count). The third kappa shape index (κ3) is 4.77. The monoisotopic (exact) mass is 476 g/mol. The molecule has 2 fully saturated rings. The van der Waals surface area contributed by atoms with Gasteiger partial charge in [-0.1, -0.05) is 55.0 Å². The van der Waals surface area contributed by atoms with Crippen LogP contribution in [0.4, 0.5) is 4.79 Å². The van der Waals surface area contributed by atoms with Gasteiger partial charge in [-0.05, 0) is 53.9 Å². The molecule has 0 bridgehead atoms. The number of fused-ring (bicyclic) bond motifs is 3. The number of alkyl carbamates (subject to hydrolysis) is 1. The number of carboxylic acids is 1. The summed E-state index contributed by atoms with van der Waals surface area (Å²) in [5.41, 5.74) is 4.73. The number of hydrogen-bond acceptors (Lipinski definition) is 4. The molecule has 2 atom stereocenters. The number of likely N-dealkylation sites (tertiary alicyclic amines) is 1. The summed E-state index contributed by atoms with van der Waals surface area (Å²) in [4.78, 5) is 38.7. The first-order valence-electron chi connectivity index (χ1n) is 12.6. The largest absolute Gasteiger partial charge is 0.481 e. The zero-order valence-corrected chi connectivity index (χ0v) is 19.8. The molecule has 0 unspecified atom stereocenters. The number of piperidine rings is 1. The van der Waals surface area contributed by atoms with Gasteiger partial charge in [-0.2, -0.15) is 0 Å². The fraction of sp³-hybridized carbons (Fsp3) is 0.464. The van der Waals surface area contributed by atoms with Gasteiger partial charge in [0.05, 0.1) is 5.92 Å². The van der Waals surface area contributed by atoms with Crippen LogP contribution in [0.3, 0.4) is 0 Å². The van der Waals surface area contributed by atoms with Crippen LogP contribution in [0, 0.1) is 17.8 Å². The zero-order valence-electron chi connectivity index (χ0n) is 19.8. The molecule has 1 saturated carbocycles. The molecule has 7 nitrogen and oxygen atoms in total. The number of amides is 2. The highest BCUT2D eigenvalue weighted by Gasteiger charge is 2.37. The molecule has 7 heteroatoms. The second-order valence-corrected chi connectivity index (χ2v) is 9.94. The molecule has 0 aromatic heterocycles. The normalized spacial score (nSPS) is 21.9. The van der Waals surface area contributed by atoms with Crippen molar-refractivity contribution < 1.29 is 24.2 Å². The number of nitrogens with one attached hydrogen (secondary N) is 1. The van der Waals surface area contributed by atoms with Crippen molar-refractivity contribution in [3.05, 3.63) is 59.7 Å². The van der Waals surface area contributed by atoms with Crippen molar-refractivity contribution in [2.24, 2.45) is 17.8 Å². The Balaban J connectivity index is 1.13. The lowest BCUT2D eigenvalue weighted by molar-refractivity contribution is -0.147. The first kappa shape index (κ1) is 23.4. The SMILES string of the molecule is O=C(NC[C@H]1CCC[C@H]1C(=O)N1CCC(C(=O)O)CC1)OCC1c2ccccc2-c2ccccc21. The maximum absolute atomic E-state index is 13.1. The summed E-state index contributed by atoms with van der Waals surface area (Å²) in [6.45, 7) is 1.68. The van der Waals surface area contributed by atoms with Crippen LogP contribution < -0.4 is 5.32 Å². The summed E-state index contributed by atoms with van der Waals surface area (Å²) in [6.07, 6.45) is 3.24. The van der Waals surface area contributed by atoms with E-state index < -0.39 is 12.1 Å². The molecule has 2 aromatic carbocycles. The Morgan fingerprint density at radius 1 is 0.914 bits per heavy atom. The van der Waals surface area contributed by atoms with Crippen LogP contribution in [-0.4, -0.2) is 54.2 Å². The second kappa shape index (κ2) is 10.1. The molecule has 3 aliphatic rings. The van der Waals surface area contributed by atoms with Crippen molar-refractivity contribution in [3.8, 4) is 11.1 Å². The number of nitrogens with zero attached hydrogens (tertiary/aromatic N) is 1. The number of carbonyl (C=O) groups is 3. The molecule has 184 valence electrons. The van der Waals surface area contributed by atoms with Gasteiger partial charge in [0, 0.05) is 31.5 Å². The number of carbonyl (C=O) groups excluding carboxylic acids is 2.